The van der Waals surface area contributed by atoms with E-state index < -0.39 is 97.5 Å². The van der Waals surface area contributed by atoms with Gasteiger partial charge >= 0.3 is 39.5 Å². The van der Waals surface area contributed by atoms with Gasteiger partial charge < -0.3 is 33.8 Å². The van der Waals surface area contributed by atoms with Crippen LogP contribution >= 0.6 is 15.6 Å². The van der Waals surface area contributed by atoms with E-state index in [0.717, 1.165) is 108 Å². The molecule has 108 heavy (non-hydrogen) atoms. The lowest BCUT2D eigenvalue weighted by molar-refractivity contribution is -0.161. The first kappa shape index (κ1) is 106. The highest BCUT2D eigenvalue weighted by molar-refractivity contribution is 7.47. The van der Waals surface area contributed by atoms with Gasteiger partial charge in [0.25, 0.3) is 0 Å². The second-order valence-corrected chi connectivity index (χ2v) is 36.1. The average molecular weight is 1580 g/mol. The molecular weight excluding hydrogens is 1400 g/mol. The highest BCUT2D eigenvalue weighted by Gasteiger charge is 2.31. The van der Waals surface area contributed by atoms with Crippen molar-refractivity contribution in [3.8, 4) is 0 Å². The number of esters is 4. The first-order valence-electron chi connectivity index (χ1n) is 45.9. The van der Waals surface area contributed by atoms with Crippen molar-refractivity contribution < 1.29 is 80.2 Å². The predicted molar refractivity (Wildman–Crippen MR) is 446 cm³/mol. The summed E-state index contributed by atoms with van der Waals surface area (Å²) in [6, 6.07) is 0. The lowest BCUT2D eigenvalue weighted by Gasteiger charge is -2.21. The Morgan fingerprint density at radius 2 is 0.472 bits per heavy atom. The Morgan fingerprint density at radius 1 is 0.269 bits per heavy atom. The summed E-state index contributed by atoms with van der Waals surface area (Å²) in [5.74, 6) is 0.261. The van der Waals surface area contributed by atoms with Crippen molar-refractivity contribution in [2.24, 2.45) is 17.8 Å². The van der Waals surface area contributed by atoms with E-state index in [9.17, 15) is 43.2 Å². The summed E-state index contributed by atoms with van der Waals surface area (Å²) in [5, 5.41) is 10.7. The van der Waals surface area contributed by atoms with Crippen molar-refractivity contribution in [2.45, 2.75) is 491 Å². The summed E-state index contributed by atoms with van der Waals surface area (Å²) in [7, 11) is -9.93. The van der Waals surface area contributed by atoms with Crippen LogP contribution in [0.15, 0.2) is 0 Å². The number of ether oxygens (including phenoxy) is 4. The number of carbonyl (C=O) groups excluding carboxylic acids is 4. The van der Waals surface area contributed by atoms with Crippen LogP contribution in [0.1, 0.15) is 472 Å². The summed E-state index contributed by atoms with van der Waals surface area (Å²) in [5.41, 5.74) is 0. The summed E-state index contributed by atoms with van der Waals surface area (Å²) >= 11 is 0. The number of hydrogen-bond acceptors (Lipinski definition) is 15. The van der Waals surface area contributed by atoms with Crippen molar-refractivity contribution in [1.29, 1.82) is 0 Å². The topological polar surface area (TPSA) is 237 Å². The number of phosphoric acid groups is 2. The van der Waals surface area contributed by atoms with E-state index in [-0.39, 0.29) is 25.7 Å². The van der Waals surface area contributed by atoms with Gasteiger partial charge in [0, 0.05) is 25.7 Å². The zero-order chi connectivity index (χ0) is 79.3. The van der Waals surface area contributed by atoms with E-state index in [4.69, 9.17) is 37.0 Å². The van der Waals surface area contributed by atoms with Crippen molar-refractivity contribution in [2.75, 3.05) is 39.6 Å². The van der Waals surface area contributed by atoms with Gasteiger partial charge in [-0.1, -0.05) is 421 Å². The van der Waals surface area contributed by atoms with E-state index >= 15 is 0 Å². The van der Waals surface area contributed by atoms with Crippen LogP contribution in [0, 0.1) is 17.8 Å². The summed E-state index contributed by atoms with van der Waals surface area (Å²) in [4.78, 5) is 73.3. The molecule has 0 aromatic carbocycles. The molecular formula is C89H174O17P2. The maximum Gasteiger partial charge on any atom is 0.472 e. The van der Waals surface area contributed by atoms with E-state index in [2.05, 4.69) is 48.5 Å². The van der Waals surface area contributed by atoms with Crippen molar-refractivity contribution in [3.63, 3.8) is 0 Å². The maximum atomic E-state index is 13.2. The van der Waals surface area contributed by atoms with E-state index in [1.54, 1.807) is 0 Å². The number of unbranched alkanes of at least 4 members (excludes halogenated alkanes) is 54. The van der Waals surface area contributed by atoms with E-state index in [1.165, 1.54) is 276 Å². The Labute approximate surface area is 664 Å². The third kappa shape index (κ3) is 80.7. The van der Waals surface area contributed by atoms with Crippen LogP contribution in [0.3, 0.4) is 0 Å². The molecule has 0 aromatic heterocycles. The molecule has 3 unspecified atom stereocenters. The standard InChI is InChI=1S/C89H174O17P2/c1-8-10-11-12-13-14-15-16-17-18-19-20-21-22-27-33-38-43-50-58-65-72-88(93)105-84(76-99-86(91)70-63-56-49-42-37-32-26-24-23-25-30-35-40-46-53-60-67-80(3)4)78-103-107(95,96)101-74-83(90)75-102-108(97,98)104-79-85(77-100-87(92)71-64-57-52-45-47-54-61-68-81(5)6)106-89(94)73-66-59-51-44-39-34-29-28-31-36-41-48-55-62-69-82(7)9-2/h80-85,90H,8-79H2,1-7H3,(H,95,96)(H,97,98)/t82?,83-,84-,85-/m1/s1. The van der Waals surface area contributed by atoms with Gasteiger partial charge in [-0.25, -0.2) is 9.13 Å². The molecule has 0 aliphatic carbocycles. The smallest absolute Gasteiger partial charge is 0.462 e. The molecule has 0 spiro atoms. The minimum absolute atomic E-state index is 0.107. The summed E-state index contributed by atoms with van der Waals surface area (Å²) in [6.07, 6.45) is 71.0. The molecule has 0 aliphatic heterocycles. The molecule has 0 bridgehead atoms. The van der Waals surface area contributed by atoms with Gasteiger partial charge in [-0.15, -0.1) is 0 Å². The van der Waals surface area contributed by atoms with Crippen LogP contribution in [0.2, 0.25) is 0 Å². The van der Waals surface area contributed by atoms with Gasteiger partial charge in [0.05, 0.1) is 26.4 Å². The van der Waals surface area contributed by atoms with Gasteiger partial charge in [0.2, 0.25) is 0 Å². The van der Waals surface area contributed by atoms with Crippen molar-refractivity contribution in [3.05, 3.63) is 0 Å². The predicted octanol–water partition coefficient (Wildman–Crippen LogP) is 27.3. The zero-order valence-corrected chi connectivity index (χ0v) is 73.1. The number of hydrogen-bond donors (Lipinski definition) is 3. The monoisotopic (exact) mass is 1580 g/mol. The fourth-order valence-corrected chi connectivity index (χ4v) is 15.4. The molecule has 3 N–H and O–H groups in total. The van der Waals surface area contributed by atoms with Crippen LogP contribution in [0.4, 0.5) is 0 Å². The molecule has 19 heteroatoms. The highest BCUT2D eigenvalue weighted by atomic mass is 31.2. The normalized spacial score (nSPS) is 14.1. The number of aliphatic hydroxyl groups is 1. The molecule has 0 aromatic rings. The third-order valence-corrected chi connectivity index (χ3v) is 23.1. The average Bonchev–Trinajstić information content (AvgIpc) is 0.900. The van der Waals surface area contributed by atoms with Crippen molar-refractivity contribution in [1.82, 2.24) is 0 Å². The van der Waals surface area contributed by atoms with Crippen LogP contribution in [0.5, 0.6) is 0 Å². The van der Waals surface area contributed by atoms with Gasteiger partial charge in [-0.2, -0.15) is 0 Å². The Kier molecular flexibility index (Phi) is 77.5. The molecule has 0 saturated carbocycles. The molecule has 0 radical (unpaired) electrons. The molecule has 0 heterocycles. The minimum atomic E-state index is -4.97. The maximum absolute atomic E-state index is 13.2. The first-order chi connectivity index (χ1) is 52.3. The lowest BCUT2D eigenvalue weighted by atomic mass is 9.99. The Balaban J connectivity index is 5.23. The van der Waals surface area contributed by atoms with E-state index in [1.807, 2.05) is 0 Å². The largest absolute Gasteiger partial charge is 0.472 e. The van der Waals surface area contributed by atoms with Crippen LogP contribution < -0.4 is 0 Å². The number of phosphoric ester groups is 2. The van der Waals surface area contributed by atoms with Crippen molar-refractivity contribution >= 4 is 39.5 Å². The SMILES string of the molecule is CCCCCCCCCCCCCCCCCCCCCCCC(=O)O[C@H](COC(=O)CCCCCCCCCCCCCCCCCCC(C)C)COP(=O)(O)OC[C@@H](O)COP(=O)(O)OC[C@@H](COC(=O)CCCCCCCCCC(C)C)OC(=O)CCCCCCCCCCCCCCCCC(C)CC. The Hall–Kier alpha value is -1.94. The molecule has 0 aliphatic rings. The fraction of sp³-hybridized carbons (Fsp3) is 0.955. The van der Waals surface area contributed by atoms with Crippen LogP contribution in [0.25, 0.3) is 0 Å². The zero-order valence-electron chi connectivity index (χ0n) is 71.3. The number of rotatable bonds is 87. The third-order valence-electron chi connectivity index (χ3n) is 21.2. The van der Waals surface area contributed by atoms with Gasteiger partial charge in [-0.3, -0.25) is 37.3 Å². The fourth-order valence-electron chi connectivity index (χ4n) is 13.9. The molecule has 6 atom stereocenters. The molecule has 17 nitrogen and oxygen atoms in total. The second-order valence-electron chi connectivity index (χ2n) is 33.2. The second kappa shape index (κ2) is 78.9. The van der Waals surface area contributed by atoms with Crippen LogP contribution in [-0.2, 0) is 65.4 Å². The van der Waals surface area contributed by atoms with Gasteiger partial charge in [-0.05, 0) is 43.4 Å². The molecule has 0 amide bonds. The van der Waals surface area contributed by atoms with Gasteiger partial charge in [0.15, 0.2) is 12.2 Å². The summed E-state index contributed by atoms with van der Waals surface area (Å²) < 4.78 is 69.0. The van der Waals surface area contributed by atoms with E-state index in [0.29, 0.717) is 31.6 Å². The molecule has 0 rings (SSSR count). The quantitative estimate of drug-likeness (QED) is 0.0222. The Morgan fingerprint density at radius 3 is 0.704 bits per heavy atom. The van der Waals surface area contributed by atoms with Crippen LogP contribution in [-0.4, -0.2) is 96.7 Å². The number of aliphatic hydroxyl groups excluding tert-OH is 1. The minimum Gasteiger partial charge on any atom is -0.462 e. The lowest BCUT2D eigenvalue weighted by Crippen LogP contribution is -2.30. The molecule has 642 valence electrons. The Bertz CT molecular complexity index is 2080. The number of carbonyl (C=O) groups is 4. The highest BCUT2D eigenvalue weighted by Crippen LogP contribution is 2.45. The first-order valence-corrected chi connectivity index (χ1v) is 48.9. The van der Waals surface area contributed by atoms with Gasteiger partial charge in [0.1, 0.15) is 19.3 Å². The molecule has 0 saturated heterocycles. The molecule has 0 fully saturated rings. The summed E-state index contributed by atoms with van der Waals surface area (Å²) in [6.45, 7) is 12.0.